The van der Waals surface area contributed by atoms with Crippen molar-refractivity contribution in [1.29, 1.82) is 0 Å². The number of H-pyrrole nitrogens is 1. The van der Waals surface area contributed by atoms with Gasteiger partial charge in [-0.15, -0.1) is 0 Å². The molecule has 0 atom stereocenters. The second-order valence-corrected chi connectivity index (χ2v) is 7.30. The number of alkyl halides is 3. The van der Waals surface area contributed by atoms with Crippen molar-refractivity contribution in [1.82, 2.24) is 9.88 Å². The van der Waals surface area contributed by atoms with Crippen LogP contribution in [0.1, 0.15) is 38.5 Å². The Bertz CT molecular complexity index is 811. The van der Waals surface area contributed by atoms with Gasteiger partial charge in [0.05, 0.1) is 6.10 Å². The van der Waals surface area contributed by atoms with Crippen LogP contribution in [0.4, 0.5) is 13.2 Å². The Morgan fingerprint density at radius 3 is 2.63 bits per heavy atom. The molecule has 3 rings (SSSR count). The Morgan fingerprint density at radius 1 is 1.19 bits per heavy atom. The number of hydrogen-bond acceptors (Lipinski definition) is 3. The maximum atomic E-state index is 12.3. The van der Waals surface area contributed by atoms with Crippen molar-refractivity contribution in [2.24, 2.45) is 0 Å². The summed E-state index contributed by atoms with van der Waals surface area (Å²) in [6.07, 6.45) is 0.660. The van der Waals surface area contributed by atoms with E-state index in [0.29, 0.717) is 18.0 Å². The van der Waals surface area contributed by atoms with Gasteiger partial charge in [-0.25, -0.2) is 0 Å². The van der Waals surface area contributed by atoms with E-state index in [1.54, 1.807) is 12.3 Å². The van der Waals surface area contributed by atoms with Crippen LogP contribution in [0.3, 0.4) is 0 Å². The van der Waals surface area contributed by atoms with Crippen LogP contribution in [0, 0.1) is 0 Å². The average Bonchev–Trinajstić information content (AvgIpc) is 2.61. The summed E-state index contributed by atoms with van der Waals surface area (Å²) in [4.78, 5) is 16.4. The van der Waals surface area contributed by atoms with E-state index in [2.05, 4.69) is 4.98 Å². The summed E-state index contributed by atoms with van der Waals surface area (Å²) < 4.78 is 42.9. The summed E-state index contributed by atoms with van der Waals surface area (Å²) in [5.74, 6) is 0.745. The van der Waals surface area contributed by atoms with E-state index in [9.17, 15) is 18.0 Å². The summed E-state index contributed by atoms with van der Waals surface area (Å²) >= 11 is 0. The second-order valence-electron chi connectivity index (χ2n) is 7.30. The van der Waals surface area contributed by atoms with Crippen LogP contribution in [-0.4, -0.2) is 41.8 Å². The molecule has 1 aromatic heterocycles. The van der Waals surface area contributed by atoms with Crippen LogP contribution in [0.5, 0.6) is 5.75 Å². The third-order valence-corrected chi connectivity index (χ3v) is 5.29. The van der Waals surface area contributed by atoms with Crippen molar-refractivity contribution in [3.63, 3.8) is 0 Å². The minimum atomic E-state index is -4.07. The van der Waals surface area contributed by atoms with Crippen LogP contribution in [-0.2, 0) is 0 Å². The lowest BCUT2D eigenvalue weighted by Crippen LogP contribution is -2.38. The Balaban J connectivity index is 1.49. The number of nitrogens with one attached hydrogen (secondary N) is 1. The van der Waals surface area contributed by atoms with E-state index in [1.807, 2.05) is 30.1 Å². The van der Waals surface area contributed by atoms with Crippen LogP contribution in [0.15, 0.2) is 35.3 Å². The second kappa shape index (κ2) is 8.33. The first kappa shape index (κ1) is 19.7. The van der Waals surface area contributed by atoms with E-state index >= 15 is 0 Å². The van der Waals surface area contributed by atoms with Gasteiger partial charge < -0.3 is 14.6 Å². The summed E-state index contributed by atoms with van der Waals surface area (Å²) in [5.41, 5.74) is -0.117. The molecule has 2 aromatic rings. The third kappa shape index (κ3) is 5.48. The molecule has 0 aliphatic heterocycles. The fourth-order valence-electron chi connectivity index (χ4n) is 3.75. The van der Waals surface area contributed by atoms with Crippen LogP contribution >= 0.6 is 0 Å². The zero-order valence-corrected chi connectivity index (χ0v) is 15.4. The van der Waals surface area contributed by atoms with Gasteiger partial charge >= 0.3 is 6.18 Å². The number of aromatic amines is 1. The van der Waals surface area contributed by atoms with Gasteiger partial charge in [0.2, 0.25) is 0 Å². The number of nitrogens with zero attached hydrogens (tertiary/aromatic N) is 1. The lowest BCUT2D eigenvalue weighted by Gasteiger charge is -2.34. The molecule has 4 nitrogen and oxygen atoms in total. The maximum absolute atomic E-state index is 12.3. The number of ether oxygens (including phenoxy) is 1. The normalized spacial score (nSPS) is 20.9. The summed E-state index contributed by atoms with van der Waals surface area (Å²) in [6.45, 7) is 0.467. The highest BCUT2D eigenvalue weighted by Crippen LogP contribution is 2.28. The molecular formula is C20H25F3N2O2. The monoisotopic (exact) mass is 382 g/mol. The lowest BCUT2D eigenvalue weighted by molar-refractivity contribution is -0.136. The third-order valence-electron chi connectivity index (χ3n) is 5.29. The zero-order valence-electron chi connectivity index (χ0n) is 15.4. The molecule has 1 aliphatic rings. The minimum Gasteiger partial charge on any atom is -0.490 e. The molecule has 0 unspecified atom stereocenters. The lowest BCUT2D eigenvalue weighted by atomic mass is 9.92. The molecule has 7 heteroatoms. The Kier molecular flexibility index (Phi) is 6.09. The van der Waals surface area contributed by atoms with Crippen molar-refractivity contribution < 1.29 is 17.9 Å². The molecule has 1 N–H and O–H groups in total. The van der Waals surface area contributed by atoms with Gasteiger partial charge in [0.15, 0.2) is 0 Å². The van der Waals surface area contributed by atoms with E-state index < -0.39 is 12.6 Å². The number of aromatic nitrogens is 1. The number of hydrogen-bond donors (Lipinski definition) is 1. The summed E-state index contributed by atoms with van der Waals surface area (Å²) in [6, 6.07) is 7.61. The molecule has 0 amide bonds. The molecule has 1 aliphatic carbocycles. The first-order valence-electron chi connectivity index (χ1n) is 9.37. The largest absolute Gasteiger partial charge is 0.490 e. The van der Waals surface area contributed by atoms with Crippen molar-refractivity contribution in [3.05, 3.63) is 40.8 Å². The topological polar surface area (TPSA) is 45.3 Å². The average molecular weight is 382 g/mol. The zero-order chi connectivity index (χ0) is 19.4. The van der Waals surface area contributed by atoms with Crippen molar-refractivity contribution in [2.75, 3.05) is 13.6 Å². The minimum absolute atomic E-state index is 0.101. The fourth-order valence-corrected chi connectivity index (χ4v) is 3.75. The Hall–Kier alpha value is -2.02. The molecular weight excluding hydrogens is 357 g/mol. The van der Waals surface area contributed by atoms with Gasteiger partial charge in [-0.05, 0) is 75.3 Å². The SMILES string of the molecule is CN(CCCC(F)(F)F)[C@H]1CC[C@H](Oc2ccc3c(=O)[nH]ccc3c2)CC1. The number of halogens is 3. The van der Waals surface area contributed by atoms with E-state index in [-0.39, 0.29) is 18.1 Å². The van der Waals surface area contributed by atoms with E-state index in [0.717, 1.165) is 36.8 Å². The molecule has 0 radical (unpaired) electrons. The molecule has 0 saturated heterocycles. The number of benzene rings is 1. The predicted molar refractivity (Wildman–Crippen MR) is 99.2 cm³/mol. The molecule has 27 heavy (non-hydrogen) atoms. The molecule has 1 aromatic carbocycles. The fraction of sp³-hybridized carbons (Fsp3) is 0.550. The Morgan fingerprint density at radius 2 is 1.93 bits per heavy atom. The van der Waals surface area contributed by atoms with Gasteiger partial charge in [0.25, 0.3) is 5.56 Å². The maximum Gasteiger partial charge on any atom is 0.389 e. The van der Waals surface area contributed by atoms with Crippen molar-refractivity contribution in [2.45, 2.75) is 56.8 Å². The van der Waals surface area contributed by atoms with Gasteiger partial charge in [0, 0.05) is 24.0 Å². The predicted octanol–water partition coefficient (Wildman–Crippen LogP) is 4.49. The highest BCUT2D eigenvalue weighted by atomic mass is 19.4. The van der Waals surface area contributed by atoms with Gasteiger partial charge in [0.1, 0.15) is 5.75 Å². The highest BCUT2D eigenvalue weighted by Gasteiger charge is 2.28. The van der Waals surface area contributed by atoms with E-state index in [1.165, 1.54) is 0 Å². The molecule has 0 spiro atoms. The first-order valence-corrected chi connectivity index (χ1v) is 9.37. The number of pyridine rings is 1. The van der Waals surface area contributed by atoms with Crippen LogP contribution in [0.25, 0.3) is 10.8 Å². The molecule has 1 saturated carbocycles. The van der Waals surface area contributed by atoms with Gasteiger partial charge in [-0.2, -0.15) is 13.2 Å². The smallest absolute Gasteiger partial charge is 0.389 e. The van der Waals surface area contributed by atoms with Crippen LogP contribution < -0.4 is 10.3 Å². The van der Waals surface area contributed by atoms with Crippen molar-refractivity contribution >= 4 is 10.8 Å². The molecule has 1 heterocycles. The standard InChI is InChI=1S/C20H25F3N2O2/c1-25(12-2-10-20(21,22)23)15-3-5-16(6-4-15)27-17-7-8-18-14(13-17)9-11-24-19(18)26/h7-9,11,13,15-16H,2-6,10,12H2,1H3,(H,24,26)/t15-,16-. The first-order chi connectivity index (χ1) is 12.8. The number of fused-ring (bicyclic) bond motifs is 1. The van der Waals surface area contributed by atoms with Gasteiger partial charge in [-0.3, -0.25) is 4.79 Å². The highest BCUT2D eigenvalue weighted by molar-refractivity contribution is 5.82. The van der Waals surface area contributed by atoms with Crippen LogP contribution in [0.2, 0.25) is 0 Å². The Labute approximate surface area is 156 Å². The number of rotatable bonds is 6. The summed E-state index contributed by atoms with van der Waals surface area (Å²) in [7, 11) is 1.91. The molecule has 1 fully saturated rings. The quantitative estimate of drug-likeness (QED) is 0.801. The van der Waals surface area contributed by atoms with E-state index in [4.69, 9.17) is 4.74 Å². The summed E-state index contributed by atoms with van der Waals surface area (Å²) in [5, 5.41) is 1.48. The van der Waals surface area contributed by atoms with Crippen molar-refractivity contribution in [3.8, 4) is 5.75 Å². The van der Waals surface area contributed by atoms with Gasteiger partial charge in [-0.1, -0.05) is 0 Å². The molecule has 148 valence electrons. The molecule has 0 bridgehead atoms.